The van der Waals surface area contributed by atoms with Gasteiger partial charge in [0, 0.05) is 16.2 Å². The topological polar surface area (TPSA) is 0 Å². The van der Waals surface area contributed by atoms with Crippen molar-refractivity contribution in [1.29, 1.82) is 0 Å². The molecule has 6 aromatic rings. The highest BCUT2D eigenvalue weighted by Crippen LogP contribution is 2.60. The molecule has 3 aliphatic carbocycles. The van der Waals surface area contributed by atoms with Gasteiger partial charge in [0.25, 0.3) is 0 Å². The highest BCUT2D eigenvalue weighted by molar-refractivity contribution is 5.89. The Balaban J connectivity index is 1.20. The van der Waals surface area contributed by atoms with Crippen molar-refractivity contribution in [1.82, 2.24) is 0 Å². The molecule has 6 unspecified atom stereocenters. The van der Waals surface area contributed by atoms with Gasteiger partial charge in [-0.25, -0.2) is 0 Å². The monoisotopic (exact) mass is 971 g/mol. The number of aryl methyl sites for hydroxylation is 1. The molecule has 3 aliphatic rings. The van der Waals surface area contributed by atoms with E-state index in [-0.39, 0.29) is 16.2 Å². The van der Waals surface area contributed by atoms with E-state index in [1.807, 2.05) is 0 Å². The highest BCUT2D eigenvalue weighted by atomic mass is 14.5. The van der Waals surface area contributed by atoms with Crippen LogP contribution in [0.15, 0.2) is 115 Å². The maximum atomic E-state index is 2.70. The van der Waals surface area contributed by atoms with Crippen LogP contribution < -0.4 is 0 Å². The molecule has 9 rings (SSSR count). The quantitative estimate of drug-likeness (QED) is 0.0600. The number of unbranched alkanes of at least 4 members (excludes halogenated alkanes) is 1. The number of rotatable bonds is 23. The first kappa shape index (κ1) is 53.2. The van der Waals surface area contributed by atoms with Crippen molar-refractivity contribution < 1.29 is 0 Å². The summed E-state index contributed by atoms with van der Waals surface area (Å²) in [6.07, 6.45) is 18.0. The smallest absolute Gasteiger partial charge is 0.0220 e. The molecule has 0 aliphatic heterocycles. The highest BCUT2D eigenvalue weighted by Gasteiger charge is 2.48. The van der Waals surface area contributed by atoms with Gasteiger partial charge in [-0.05, 0) is 206 Å². The molecule has 386 valence electrons. The van der Waals surface area contributed by atoms with Gasteiger partial charge in [0.2, 0.25) is 0 Å². The van der Waals surface area contributed by atoms with E-state index in [0.29, 0.717) is 35.5 Å². The molecule has 0 aromatic heterocycles. The Labute approximate surface area is 445 Å². The van der Waals surface area contributed by atoms with Gasteiger partial charge in [0.1, 0.15) is 0 Å². The zero-order chi connectivity index (χ0) is 51.8. The summed E-state index contributed by atoms with van der Waals surface area (Å²) >= 11 is 0. The first-order valence-electron chi connectivity index (χ1n) is 30.1. The molecule has 0 saturated carbocycles. The normalized spacial score (nSPS) is 21.6. The first-order chi connectivity index (χ1) is 35.2. The molecule has 6 atom stereocenters. The molecular weight excluding hydrogens is 877 g/mol. The van der Waals surface area contributed by atoms with E-state index in [9.17, 15) is 0 Å². The Kier molecular flexibility index (Phi) is 15.9. The van der Waals surface area contributed by atoms with Crippen LogP contribution in [-0.2, 0) is 22.7 Å². The van der Waals surface area contributed by atoms with Crippen LogP contribution in [0.25, 0.3) is 55.6 Å². The zero-order valence-corrected chi connectivity index (χ0v) is 48.0. The summed E-state index contributed by atoms with van der Waals surface area (Å²) in [7, 11) is 0. The molecule has 0 fully saturated rings. The zero-order valence-electron chi connectivity index (χ0n) is 48.0. The maximum Gasteiger partial charge on any atom is 0.0220 e. The summed E-state index contributed by atoms with van der Waals surface area (Å²) in [6, 6.07) is 47.8. The number of fused-ring (bicyclic) bond motifs is 9. The van der Waals surface area contributed by atoms with Crippen molar-refractivity contribution in [3.63, 3.8) is 0 Å². The van der Waals surface area contributed by atoms with Crippen LogP contribution in [0, 0.1) is 35.5 Å². The molecule has 0 nitrogen and oxygen atoms in total. The fourth-order valence-electron chi connectivity index (χ4n) is 14.8. The van der Waals surface area contributed by atoms with Crippen LogP contribution in [0.5, 0.6) is 0 Å². The maximum absolute atomic E-state index is 2.70. The van der Waals surface area contributed by atoms with Crippen LogP contribution in [0.2, 0.25) is 0 Å². The number of hydrogen-bond acceptors (Lipinski definition) is 0. The molecule has 0 N–H and O–H groups in total. The lowest BCUT2D eigenvalue weighted by molar-refractivity contribution is 0.308. The van der Waals surface area contributed by atoms with Crippen molar-refractivity contribution >= 4 is 0 Å². The minimum atomic E-state index is -0.0793. The average molecular weight is 972 g/mol. The Bertz CT molecular complexity index is 2850. The Morgan fingerprint density at radius 2 is 0.575 bits per heavy atom. The lowest BCUT2D eigenvalue weighted by Gasteiger charge is -2.38. The second kappa shape index (κ2) is 21.9. The van der Waals surface area contributed by atoms with Gasteiger partial charge in [-0.1, -0.05) is 226 Å². The van der Waals surface area contributed by atoms with Crippen LogP contribution in [0.1, 0.15) is 219 Å². The van der Waals surface area contributed by atoms with E-state index >= 15 is 0 Å². The third kappa shape index (κ3) is 9.56. The second-order valence-corrected chi connectivity index (χ2v) is 25.1. The minimum Gasteiger partial charge on any atom is -0.0654 e. The van der Waals surface area contributed by atoms with Crippen molar-refractivity contribution in [3.05, 3.63) is 154 Å². The predicted molar refractivity (Wildman–Crippen MR) is 319 cm³/mol. The van der Waals surface area contributed by atoms with Crippen molar-refractivity contribution in [3.8, 4) is 55.6 Å². The van der Waals surface area contributed by atoms with E-state index in [4.69, 9.17) is 0 Å². The van der Waals surface area contributed by atoms with Gasteiger partial charge in [0.05, 0.1) is 0 Å². The van der Waals surface area contributed by atoms with Crippen molar-refractivity contribution in [2.24, 2.45) is 35.5 Å². The van der Waals surface area contributed by atoms with E-state index in [0.717, 1.165) is 0 Å². The molecule has 0 amide bonds. The van der Waals surface area contributed by atoms with Crippen LogP contribution in [0.3, 0.4) is 0 Å². The average Bonchev–Trinajstić information content (AvgIpc) is 3.94. The minimum absolute atomic E-state index is 0.0104. The molecule has 0 saturated heterocycles. The first-order valence-corrected chi connectivity index (χ1v) is 30.1. The van der Waals surface area contributed by atoms with E-state index in [1.54, 1.807) is 33.4 Å². The Morgan fingerprint density at radius 1 is 0.301 bits per heavy atom. The largest absolute Gasteiger partial charge is 0.0654 e. The lowest BCUT2D eigenvalue weighted by atomic mass is 9.65. The third-order valence-corrected chi connectivity index (χ3v) is 19.9. The van der Waals surface area contributed by atoms with E-state index < -0.39 is 0 Å². The molecule has 73 heavy (non-hydrogen) atoms. The lowest BCUT2D eigenvalue weighted by Crippen LogP contribution is -2.30. The summed E-state index contributed by atoms with van der Waals surface area (Å²) < 4.78 is 0. The third-order valence-electron chi connectivity index (χ3n) is 19.9. The van der Waals surface area contributed by atoms with Gasteiger partial charge in [-0.2, -0.15) is 0 Å². The van der Waals surface area contributed by atoms with Gasteiger partial charge in [-0.3, -0.25) is 0 Å². The Hall–Kier alpha value is -4.68. The molecule has 0 heterocycles. The van der Waals surface area contributed by atoms with Crippen LogP contribution >= 0.6 is 0 Å². The van der Waals surface area contributed by atoms with Crippen molar-refractivity contribution in [2.75, 3.05) is 0 Å². The van der Waals surface area contributed by atoms with Crippen LogP contribution in [0.4, 0.5) is 0 Å². The van der Waals surface area contributed by atoms with Crippen molar-refractivity contribution in [2.45, 2.75) is 203 Å². The summed E-state index contributed by atoms with van der Waals surface area (Å²) in [5, 5.41) is 0. The molecular formula is C73H94. The van der Waals surface area contributed by atoms with E-state index in [1.165, 1.54) is 158 Å². The van der Waals surface area contributed by atoms with Crippen LogP contribution in [-0.4, -0.2) is 0 Å². The fourth-order valence-corrected chi connectivity index (χ4v) is 14.8. The van der Waals surface area contributed by atoms with Gasteiger partial charge >= 0.3 is 0 Å². The summed E-state index contributed by atoms with van der Waals surface area (Å²) in [6.45, 7) is 31.8. The molecule has 0 spiro atoms. The number of hydrogen-bond donors (Lipinski definition) is 0. The SMILES string of the molecule is CCCCc1ccc2c(c1)C(CC(C)CC)(CC(C)CC)c1cc(-c3ccc4c(c3)C(CC(C)CC)(CC(C)CC)c3cc(-c5ccc6c(c5)C(CC(C)CC)(CC(C)CC)c5ccccc5-6)ccc3-4)ccc1-2. The van der Waals surface area contributed by atoms with Gasteiger partial charge in [-0.15, -0.1) is 0 Å². The second-order valence-electron chi connectivity index (χ2n) is 25.1. The Morgan fingerprint density at radius 3 is 0.890 bits per heavy atom. The summed E-state index contributed by atoms with van der Waals surface area (Å²) in [4.78, 5) is 0. The molecule has 0 bridgehead atoms. The molecule has 0 heteroatoms. The summed E-state index contributed by atoms with van der Waals surface area (Å²) in [5.74, 6) is 3.76. The van der Waals surface area contributed by atoms with Gasteiger partial charge < -0.3 is 0 Å². The van der Waals surface area contributed by atoms with E-state index in [2.05, 4.69) is 205 Å². The fraction of sp³-hybridized carbons (Fsp3) is 0.507. The molecule has 0 radical (unpaired) electrons. The number of benzene rings is 6. The van der Waals surface area contributed by atoms with Gasteiger partial charge in [0.15, 0.2) is 0 Å². The predicted octanol–water partition coefficient (Wildman–Crippen LogP) is 21.8. The molecule has 6 aromatic carbocycles. The summed E-state index contributed by atoms with van der Waals surface area (Å²) in [5.41, 5.74) is 25.2. The standard InChI is InChI=1S/C73H94/c1-14-21-24-54-27-32-60-62-34-29-56(39-68(62)72(66(60)37-54,44-50(10)17-4)45-51(11)18-5)58-31-36-64-63-35-30-57(40-69(63)73(70(64)41-58,46-52(12)19-6)47-53(13)20-7)55-28-33-61-59-25-22-23-26-65(59)71(67(61)38-55,42-48(8)15-2)43-49(9)16-3/h22-23,25-41,48-53H,14-21,24,42-47H2,1-13H3.